The first-order valence-corrected chi connectivity index (χ1v) is 9.21. The highest BCUT2D eigenvalue weighted by atomic mass is 35.5. The molecule has 0 unspecified atom stereocenters. The van der Waals surface area contributed by atoms with E-state index in [-0.39, 0.29) is 0 Å². The van der Waals surface area contributed by atoms with Crippen molar-refractivity contribution >= 4 is 17.6 Å². The molecule has 1 aromatic carbocycles. The SMILES string of the molecule is CN=C(NCc1nccn1Cc1ccccc1)N(C)Cc1cc(Cl)cn1C. The van der Waals surface area contributed by atoms with Gasteiger partial charge < -0.3 is 19.4 Å². The lowest BCUT2D eigenvalue weighted by atomic mass is 10.2. The molecule has 0 amide bonds. The van der Waals surface area contributed by atoms with Crippen LogP contribution in [0.1, 0.15) is 17.1 Å². The summed E-state index contributed by atoms with van der Waals surface area (Å²) in [4.78, 5) is 10.9. The number of aliphatic imine (C=N–C) groups is 1. The maximum atomic E-state index is 6.08. The molecule has 1 N–H and O–H groups in total. The van der Waals surface area contributed by atoms with Crippen LogP contribution in [0, 0.1) is 0 Å². The van der Waals surface area contributed by atoms with Crippen molar-refractivity contribution in [3.05, 3.63) is 77.1 Å². The Morgan fingerprint density at radius 2 is 2.07 bits per heavy atom. The van der Waals surface area contributed by atoms with Crippen molar-refractivity contribution in [3.63, 3.8) is 0 Å². The molecule has 0 aliphatic carbocycles. The van der Waals surface area contributed by atoms with Gasteiger partial charge in [-0.05, 0) is 11.6 Å². The summed E-state index contributed by atoms with van der Waals surface area (Å²) in [5.41, 5.74) is 2.37. The highest BCUT2D eigenvalue weighted by Gasteiger charge is 2.11. The standard InChI is InChI=1S/C20H25ClN6/c1-22-20(26(3)15-18-11-17(21)14-25(18)2)24-12-19-23-9-10-27(19)13-16-7-5-4-6-8-16/h4-11,14H,12-13,15H2,1-3H3,(H,22,24). The van der Waals surface area contributed by atoms with E-state index >= 15 is 0 Å². The second-order valence-corrected chi connectivity index (χ2v) is 6.91. The van der Waals surface area contributed by atoms with E-state index in [9.17, 15) is 0 Å². The number of guanidine groups is 1. The average molecular weight is 385 g/mol. The van der Waals surface area contributed by atoms with Gasteiger partial charge in [-0.3, -0.25) is 4.99 Å². The molecule has 0 radical (unpaired) electrons. The van der Waals surface area contributed by atoms with Crippen molar-refractivity contribution in [3.8, 4) is 0 Å². The average Bonchev–Trinajstić information content (AvgIpc) is 3.22. The number of rotatable bonds is 6. The van der Waals surface area contributed by atoms with Gasteiger partial charge in [0.1, 0.15) is 5.82 Å². The van der Waals surface area contributed by atoms with Gasteiger partial charge in [-0.25, -0.2) is 4.98 Å². The van der Waals surface area contributed by atoms with Gasteiger partial charge in [0.2, 0.25) is 0 Å². The van der Waals surface area contributed by atoms with E-state index in [1.54, 1.807) is 7.05 Å². The molecule has 0 fully saturated rings. The fourth-order valence-electron chi connectivity index (χ4n) is 3.02. The van der Waals surface area contributed by atoms with E-state index in [2.05, 4.69) is 49.0 Å². The van der Waals surface area contributed by atoms with Crippen LogP contribution >= 0.6 is 11.6 Å². The summed E-state index contributed by atoms with van der Waals surface area (Å²) in [6, 6.07) is 12.3. The van der Waals surface area contributed by atoms with Gasteiger partial charge >= 0.3 is 0 Å². The number of nitrogens with zero attached hydrogens (tertiary/aromatic N) is 5. The lowest BCUT2D eigenvalue weighted by Gasteiger charge is -2.22. The number of aryl methyl sites for hydroxylation is 1. The Balaban J connectivity index is 1.61. The third kappa shape index (κ3) is 4.92. The van der Waals surface area contributed by atoms with Crippen molar-refractivity contribution in [1.82, 2.24) is 24.3 Å². The highest BCUT2D eigenvalue weighted by Crippen LogP contribution is 2.14. The summed E-state index contributed by atoms with van der Waals surface area (Å²) in [7, 11) is 5.78. The molecule has 0 bridgehead atoms. The zero-order valence-electron chi connectivity index (χ0n) is 15.9. The molecule has 27 heavy (non-hydrogen) atoms. The van der Waals surface area contributed by atoms with Crippen molar-refractivity contribution in [2.75, 3.05) is 14.1 Å². The Hall–Kier alpha value is -2.73. The maximum absolute atomic E-state index is 6.08. The van der Waals surface area contributed by atoms with Crippen LogP contribution in [0.15, 0.2) is 60.0 Å². The van der Waals surface area contributed by atoms with E-state index in [1.807, 2.05) is 49.4 Å². The third-order valence-corrected chi connectivity index (χ3v) is 4.66. The summed E-state index contributed by atoms with van der Waals surface area (Å²) in [6.45, 7) is 2.11. The third-order valence-electron chi connectivity index (χ3n) is 4.45. The fourth-order valence-corrected chi connectivity index (χ4v) is 3.29. The molecule has 0 aliphatic heterocycles. The van der Waals surface area contributed by atoms with Crippen LogP contribution in [-0.2, 0) is 26.7 Å². The molecular weight excluding hydrogens is 360 g/mol. The Morgan fingerprint density at radius 3 is 2.74 bits per heavy atom. The molecule has 2 heterocycles. The Labute approximate surface area is 165 Å². The van der Waals surface area contributed by atoms with Crippen molar-refractivity contribution in [2.24, 2.45) is 12.0 Å². The Bertz CT molecular complexity index is 896. The lowest BCUT2D eigenvalue weighted by Crippen LogP contribution is -2.38. The molecule has 3 rings (SSSR count). The summed E-state index contributed by atoms with van der Waals surface area (Å²) in [6.07, 6.45) is 5.74. The van der Waals surface area contributed by atoms with Gasteiger partial charge in [0.05, 0.1) is 18.1 Å². The Morgan fingerprint density at radius 1 is 1.30 bits per heavy atom. The molecule has 7 heteroatoms. The smallest absolute Gasteiger partial charge is 0.194 e. The van der Waals surface area contributed by atoms with E-state index in [0.29, 0.717) is 13.1 Å². The van der Waals surface area contributed by atoms with Gasteiger partial charge in [-0.2, -0.15) is 0 Å². The molecule has 0 saturated carbocycles. The summed E-state index contributed by atoms with van der Waals surface area (Å²) < 4.78 is 4.17. The maximum Gasteiger partial charge on any atom is 0.194 e. The quantitative estimate of drug-likeness (QED) is 0.524. The van der Waals surface area contributed by atoms with Crippen LogP contribution in [0.25, 0.3) is 0 Å². The first-order chi connectivity index (χ1) is 13.1. The van der Waals surface area contributed by atoms with Crippen LogP contribution in [0.3, 0.4) is 0 Å². The predicted octanol–water partition coefficient (Wildman–Crippen LogP) is 3.13. The largest absolute Gasteiger partial charge is 0.351 e. The molecule has 2 aromatic heterocycles. The minimum Gasteiger partial charge on any atom is -0.351 e. The van der Waals surface area contributed by atoms with Gasteiger partial charge in [-0.1, -0.05) is 41.9 Å². The number of halogens is 1. The van der Waals surface area contributed by atoms with Gasteiger partial charge in [0.25, 0.3) is 0 Å². The van der Waals surface area contributed by atoms with Crippen LogP contribution < -0.4 is 5.32 Å². The molecule has 142 valence electrons. The van der Waals surface area contributed by atoms with Crippen LogP contribution in [-0.4, -0.2) is 39.1 Å². The first kappa shape index (κ1) is 19.0. The molecule has 0 spiro atoms. The van der Waals surface area contributed by atoms with Gasteiger partial charge in [0, 0.05) is 52.0 Å². The Kier molecular flexibility index (Phi) is 6.19. The van der Waals surface area contributed by atoms with Crippen molar-refractivity contribution in [1.29, 1.82) is 0 Å². The molecular formula is C20H25ClN6. The number of hydrogen-bond donors (Lipinski definition) is 1. The summed E-state index contributed by atoms with van der Waals surface area (Å²) >= 11 is 6.08. The molecule has 6 nitrogen and oxygen atoms in total. The van der Waals surface area contributed by atoms with E-state index in [1.165, 1.54) is 5.56 Å². The lowest BCUT2D eigenvalue weighted by molar-refractivity contribution is 0.459. The number of hydrogen-bond acceptors (Lipinski definition) is 2. The van der Waals surface area contributed by atoms with Gasteiger partial charge in [-0.15, -0.1) is 0 Å². The van der Waals surface area contributed by atoms with Crippen LogP contribution in [0.2, 0.25) is 5.02 Å². The zero-order chi connectivity index (χ0) is 19.2. The van der Waals surface area contributed by atoms with E-state index in [0.717, 1.165) is 29.0 Å². The molecule has 0 atom stereocenters. The number of nitrogens with one attached hydrogen (secondary N) is 1. The fraction of sp³-hybridized carbons (Fsp3) is 0.300. The number of benzene rings is 1. The number of imidazole rings is 1. The zero-order valence-corrected chi connectivity index (χ0v) is 16.7. The number of aromatic nitrogens is 3. The van der Waals surface area contributed by atoms with Crippen LogP contribution in [0.5, 0.6) is 0 Å². The minimum absolute atomic E-state index is 0.602. The summed E-state index contributed by atoms with van der Waals surface area (Å²) in [5, 5.41) is 4.14. The van der Waals surface area contributed by atoms with Crippen molar-refractivity contribution in [2.45, 2.75) is 19.6 Å². The topological polar surface area (TPSA) is 50.4 Å². The van der Waals surface area contributed by atoms with Crippen molar-refractivity contribution < 1.29 is 0 Å². The van der Waals surface area contributed by atoms with Gasteiger partial charge in [0.15, 0.2) is 5.96 Å². The molecule has 3 aromatic rings. The predicted molar refractivity (Wildman–Crippen MR) is 110 cm³/mol. The first-order valence-electron chi connectivity index (χ1n) is 8.83. The normalized spacial score (nSPS) is 11.6. The minimum atomic E-state index is 0.602. The van der Waals surface area contributed by atoms with E-state index < -0.39 is 0 Å². The molecule has 0 saturated heterocycles. The molecule has 0 aliphatic rings. The second-order valence-electron chi connectivity index (χ2n) is 6.47. The second kappa shape index (κ2) is 8.77. The van der Waals surface area contributed by atoms with E-state index in [4.69, 9.17) is 11.6 Å². The summed E-state index contributed by atoms with van der Waals surface area (Å²) in [5.74, 6) is 1.77. The monoisotopic (exact) mass is 384 g/mol. The highest BCUT2D eigenvalue weighted by molar-refractivity contribution is 6.30. The van der Waals surface area contributed by atoms with Crippen LogP contribution in [0.4, 0.5) is 0 Å².